The van der Waals surface area contributed by atoms with E-state index in [0.717, 1.165) is 5.56 Å². The van der Waals surface area contributed by atoms with Gasteiger partial charge in [0.15, 0.2) is 0 Å². The first-order valence-corrected chi connectivity index (χ1v) is 10.9. The summed E-state index contributed by atoms with van der Waals surface area (Å²) in [6, 6.07) is 5.56. The Labute approximate surface area is 189 Å². The van der Waals surface area contributed by atoms with E-state index in [1.165, 1.54) is 6.92 Å². The fourth-order valence-corrected chi connectivity index (χ4v) is 3.08. The Kier molecular flexibility index (Phi) is 10.8. The molecule has 0 spiro atoms. The molecule has 6 N–H and O–H groups in total. The van der Waals surface area contributed by atoms with Crippen LogP contribution in [0.15, 0.2) is 30.3 Å². The van der Waals surface area contributed by atoms with Crippen molar-refractivity contribution in [2.75, 3.05) is 0 Å². The van der Waals surface area contributed by atoms with Gasteiger partial charge in [-0.05, 0) is 30.7 Å². The van der Waals surface area contributed by atoms with E-state index in [1.807, 2.05) is 44.2 Å². The highest BCUT2D eigenvalue weighted by molar-refractivity contribution is 5.94. The summed E-state index contributed by atoms with van der Waals surface area (Å²) >= 11 is 0. The maximum Gasteiger partial charge on any atom is 0.326 e. The van der Waals surface area contributed by atoms with Gasteiger partial charge in [0, 0.05) is 0 Å². The third-order valence-corrected chi connectivity index (χ3v) is 5.41. The van der Waals surface area contributed by atoms with E-state index in [0.29, 0.717) is 12.8 Å². The number of rotatable bonds is 12. The lowest BCUT2D eigenvalue weighted by Crippen LogP contribution is -2.58. The molecule has 178 valence electrons. The molecule has 5 unspecified atom stereocenters. The van der Waals surface area contributed by atoms with Crippen LogP contribution >= 0.6 is 0 Å². The van der Waals surface area contributed by atoms with E-state index in [4.69, 9.17) is 5.73 Å². The summed E-state index contributed by atoms with van der Waals surface area (Å²) in [5.74, 6) is -3.28. The van der Waals surface area contributed by atoms with Crippen LogP contribution in [0.1, 0.15) is 46.6 Å². The molecule has 32 heavy (non-hydrogen) atoms. The first-order chi connectivity index (χ1) is 15.0. The van der Waals surface area contributed by atoms with Crippen LogP contribution in [0, 0.1) is 11.8 Å². The number of aliphatic carboxylic acids is 1. The first kappa shape index (κ1) is 27.1. The maximum absolute atomic E-state index is 12.9. The van der Waals surface area contributed by atoms with Crippen LogP contribution in [-0.2, 0) is 25.6 Å². The smallest absolute Gasteiger partial charge is 0.326 e. The zero-order valence-electron chi connectivity index (χ0n) is 19.4. The largest absolute Gasteiger partial charge is 0.480 e. The highest BCUT2D eigenvalue weighted by atomic mass is 16.4. The van der Waals surface area contributed by atoms with Crippen molar-refractivity contribution in [1.82, 2.24) is 16.0 Å². The number of nitrogens with one attached hydrogen (secondary N) is 3. The van der Waals surface area contributed by atoms with Crippen LogP contribution in [-0.4, -0.2) is 53.0 Å². The summed E-state index contributed by atoms with van der Waals surface area (Å²) < 4.78 is 0. The Morgan fingerprint density at radius 3 is 1.94 bits per heavy atom. The van der Waals surface area contributed by atoms with Crippen LogP contribution in [0.5, 0.6) is 0 Å². The van der Waals surface area contributed by atoms with Gasteiger partial charge in [-0.3, -0.25) is 14.4 Å². The second-order valence-corrected chi connectivity index (χ2v) is 8.47. The monoisotopic (exact) mass is 448 g/mol. The number of amides is 3. The molecule has 0 aliphatic carbocycles. The molecular formula is C23H36N4O5. The minimum Gasteiger partial charge on any atom is -0.480 e. The Hall–Kier alpha value is -2.94. The molecule has 9 heteroatoms. The number of nitrogens with two attached hydrogens (primary N) is 1. The Morgan fingerprint density at radius 2 is 1.44 bits per heavy atom. The van der Waals surface area contributed by atoms with Gasteiger partial charge in [-0.1, -0.05) is 64.4 Å². The lowest BCUT2D eigenvalue weighted by atomic mass is 9.97. The van der Waals surface area contributed by atoms with Gasteiger partial charge in [0.2, 0.25) is 17.7 Å². The minimum absolute atomic E-state index is 0.208. The number of hydrogen-bond acceptors (Lipinski definition) is 5. The molecule has 0 aliphatic rings. The van der Waals surface area contributed by atoms with Crippen LogP contribution < -0.4 is 21.7 Å². The van der Waals surface area contributed by atoms with Crippen LogP contribution in [0.25, 0.3) is 0 Å². The second-order valence-electron chi connectivity index (χ2n) is 8.47. The lowest BCUT2D eigenvalue weighted by Gasteiger charge is -2.27. The lowest BCUT2D eigenvalue weighted by molar-refractivity contribution is -0.143. The molecule has 3 amide bonds. The van der Waals surface area contributed by atoms with Crippen LogP contribution in [0.3, 0.4) is 0 Å². The number of benzene rings is 1. The van der Waals surface area contributed by atoms with Crippen LogP contribution in [0.4, 0.5) is 0 Å². The predicted octanol–water partition coefficient (Wildman–Crippen LogP) is 0.817. The number of hydrogen-bond donors (Lipinski definition) is 5. The second kappa shape index (κ2) is 12.8. The molecule has 0 aliphatic heterocycles. The van der Waals surface area contributed by atoms with Gasteiger partial charge in [-0.15, -0.1) is 0 Å². The first-order valence-electron chi connectivity index (χ1n) is 10.9. The van der Waals surface area contributed by atoms with Crippen molar-refractivity contribution in [3.8, 4) is 0 Å². The summed E-state index contributed by atoms with van der Waals surface area (Å²) in [5.41, 5.74) is 6.94. The van der Waals surface area contributed by atoms with Crippen molar-refractivity contribution in [2.24, 2.45) is 17.6 Å². The summed E-state index contributed by atoms with van der Waals surface area (Å²) in [5, 5.41) is 17.0. The molecule has 0 saturated carbocycles. The van der Waals surface area contributed by atoms with Crippen molar-refractivity contribution in [3.63, 3.8) is 0 Å². The summed E-state index contributed by atoms with van der Waals surface area (Å²) in [7, 11) is 0. The van der Waals surface area contributed by atoms with Gasteiger partial charge in [0.1, 0.15) is 18.1 Å². The highest BCUT2D eigenvalue weighted by Crippen LogP contribution is 2.10. The molecule has 0 saturated heterocycles. The van der Waals surface area contributed by atoms with Gasteiger partial charge in [-0.25, -0.2) is 4.79 Å². The molecule has 0 bridgehead atoms. The van der Waals surface area contributed by atoms with E-state index >= 15 is 0 Å². The molecule has 1 aromatic carbocycles. The highest BCUT2D eigenvalue weighted by Gasteiger charge is 2.31. The van der Waals surface area contributed by atoms with E-state index in [9.17, 15) is 24.3 Å². The third kappa shape index (κ3) is 8.30. The van der Waals surface area contributed by atoms with Crippen molar-refractivity contribution in [2.45, 2.75) is 71.6 Å². The zero-order valence-corrected chi connectivity index (χ0v) is 19.4. The van der Waals surface area contributed by atoms with E-state index < -0.39 is 47.9 Å². The molecular weight excluding hydrogens is 412 g/mol. The van der Waals surface area contributed by atoms with Gasteiger partial charge < -0.3 is 26.8 Å². The van der Waals surface area contributed by atoms with Crippen molar-refractivity contribution < 1.29 is 24.3 Å². The van der Waals surface area contributed by atoms with E-state index in [1.54, 1.807) is 13.8 Å². The van der Waals surface area contributed by atoms with Crippen molar-refractivity contribution in [3.05, 3.63) is 35.9 Å². The normalized spacial score (nSPS) is 15.7. The quantitative estimate of drug-likeness (QED) is 0.319. The summed E-state index contributed by atoms with van der Waals surface area (Å²) in [6.45, 7) is 8.52. The van der Waals surface area contributed by atoms with Gasteiger partial charge >= 0.3 is 5.97 Å². The zero-order chi connectivity index (χ0) is 24.4. The third-order valence-electron chi connectivity index (χ3n) is 5.41. The maximum atomic E-state index is 12.9. The molecule has 1 aromatic rings. The van der Waals surface area contributed by atoms with Gasteiger partial charge in [0.05, 0.1) is 6.04 Å². The molecule has 1 rings (SSSR count). The Bertz CT molecular complexity index is 784. The number of carboxylic acids is 1. The average molecular weight is 449 g/mol. The number of carbonyl (C=O) groups excluding carboxylic acids is 3. The van der Waals surface area contributed by atoms with Gasteiger partial charge in [-0.2, -0.15) is 0 Å². The fraction of sp³-hybridized carbons (Fsp3) is 0.565. The summed E-state index contributed by atoms with van der Waals surface area (Å²) in [6.07, 6.45) is 0.938. The molecule has 0 radical (unpaired) electrons. The van der Waals surface area contributed by atoms with Crippen molar-refractivity contribution >= 4 is 23.7 Å². The molecule has 9 nitrogen and oxygen atoms in total. The minimum atomic E-state index is -1.15. The van der Waals surface area contributed by atoms with E-state index in [-0.39, 0.29) is 11.8 Å². The SMILES string of the molecule is CCC(C)C(NC(=O)C(N)Cc1ccccc1)C(=O)NC(C)C(=O)NC(C(=O)O)C(C)C. The number of carboxylic acid groups (broad SMARTS) is 1. The topological polar surface area (TPSA) is 151 Å². The fourth-order valence-electron chi connectivity index (χ4n) is 3.08. The standard InChI is InChI=1S/C23H36N4O5/c1-6-14(4)19(27-21(29)17(24)12-16-10-8-7-9-11-16)22(30)25-15(5)20(28)26-18(13(2)3)23(31)32/h7-11,13-15,17-19H,6,12,24H2,1-5H3,(H,25,30)(H,26,28)(H,27,29)(H,31,32). The van der Waals surface area contributed by atoms with Crippen LogP contribution in [0.2, 0.25) is 0 Å². The molecule has 0 aromatic heterocycles. The molecule has 0 fully saturated rings. The Morgan fingerprint density at radius 1 is 0.875 bits per heavy atom. The Balaban J connectivity index is 2.79. The molecule has 0 heterocycles. The van der Waals surface area contributed by atoms with Crippen molar-refractivity contribution in [1.29, 1.82) is 0 Å². The van der Waals surface area contributed by atoms with Gasteiger partial charge in [0.25, 0.3) is 0 Å². The average Bonchev–Trinajstić information content (AvgIpc) is 2.74. The van der Waals surface area contributed by atoms with E-state index in [2.05, 4.69) is 16.0 Å². The predicted molar refractivity (Wildman–Crippen MR) is 122 cm³/mol. The summed E-state index contributed by atoms with van der Waals surface area (Å²) in [4.78, 5) is 49.2. The molecule has 5 atom stereocenters. The number of carbonyl (C=O) groups is 4.